The Bertz CT molecular complexity index is 1040. The van der Waals surface area contributed by atoms with Gasteiger partial charge in [0.15, 0.2) is 0 Å². The predicted molar refractivity (Wildman–Crippen MR) is 116 cm³/mol. The Morgan fingerprint density at radius 1 is 0.733 bits per heavy atom. The van der Waals surface area contributed by atoms with Gasteiger partial charge in [0.1, 0.15) is 11.9 Å². The zero-order valence-corrected chi connectivity index (χ0v) is 16.6. The first-order valence-corrected chi connectivity index (χ1v) is 9.82. The van der Waals surface area contributed by atoms with Crippen molar-refractivity contribution in [1.82, 2.24) is 19.9 Å². The summed E-state index contributed by atoms with van der Waals surface area (Å²) in [6.45, 7) is 1.87. The topological polar surface area (TPSA) is 83.8 Å². The molecular formula is C24H23N5O. The van der Waals surface area contributed by atoms with Gasteiger partial charge in [-0.3, -0.25) is 15.0 Å². The molecule has 0 saturated heterocycles. The van der Waals surface area contributed by atoms with Crippen molar-refractivity contribution in [2.45, 2.75) is 25.0 Å². The number of aromatic nitrogens is 4. The van der Waals surface area contributed by atoms with Crippen molar-refractivity contribution in [3.8, 4) is 0 Å². The third-order valence-corrected chi connectivity index (χ3v) is 4.96. The van der Waals surface area contributed by atoms with Crippen LogP contribution < -0.4 is 5.32 Å². The molecule has 30 heavy (non-hydrogen) atoms. The Kier molecular flexibility index (Phi) is 6.06. The molecule has 2 N–H and O–H groups in total. The Balaban J connectivity index is 1.81. The zero-order valence-electron chi connectivity index (χ0n) is 16.6. The Labute approximate surface area is 175 Å². The molecule has 3 heterocycles. The van der Waals surface area contributed by atoms with Gasteiger partial charge in [0.25, 0.3) is 0 Å². The average Bonchev–Trinajstić information content (AvgIpc) is 2.81. The van der Waals surface area contributed by atoms with Gasteiger partial charge in [-0.25, -0.2) is 4.98 Å². The van der Waals surface area contributed by atoms with Crippen LogP contribution in [0, 0.1) is 6.92 Å². The molecule has 0 fully saturated rings. The third kappa shape index (κ3) is 4.50. The number of aliphatic hydroxyl groups is 1. The molecule has 1 aromatic carbocycles. The fraction of sp³-hybridized carbons (Fsp3) is 0.167. The van der Waals surface area contributed by atoms with Crippen LogP contribution in [0.4, 0.5) is 5.82 Å². The number of pyridine rings is 2. The molecular weight excluding hydrogens is 374 g/mol. The SMILES string of the molecule is Cc1cnc(C(O)C(c2ccccn2)C(Nc2ccccn2)c2ccccc2)cn1. The van der Waals surface area contributed by atoms with E-state index in [1.165, 1.54) is 0 Å². The number of anilines is 1. The first-order valence-electron chi connectivity index (χ1n) is 9.82. The number of hydrogen-bond donors (Lipinski definition) is 2. The molecule has 6 nitrogen and oxygen atoms in total. The predicted octanol–water partition coefficient (Wildman–Crippen LogP) is 4.25. The first kappa shape index (κ1) is 19.7. The molecule has 6 heteroatoms. The minimum absolute atomic E-state index is 0.297. The van der Waals surface area contributed by atoms with Crippen molar-refractivity contribution in [2.24, 2.45) is 0 Å². The summed E-state index contributed by atoms with van der Waals surface area (Å²) in [5.41, 5.74) is 3.06. The number of aliphatic hydroxyl groups excluding tert-OH is 1. The van der Waals surface area contributed by atoms with E-state index in [0.29, 0.717) is 5.69 Å². The number of nitrogens with one attached hydrogen (secondary N) is 1. The fourth-order valence-electron chi connectivity index (χ4n) is 3.48. The summed E-state index contributed by atoms with van der Waals surface area (Å²) in [6, 6.07) is 21.1. The van der Waals surface area contributed by atoms with E-state index < -0.39 is 12.0 Å². The van der Waals surface area contributed by atoms with E-state index in [1.54, 1.807) is 24.8 Å². The fourth-order valence-corrected chi connectivity index (χ4v) is 3.48. The quantitative estimate of drug-likeness (QED) is 0.485. The molecule has 0 radical (unpaired) electrons. The van der Waals surface area contributed by atoms with Gasteiger partial charge in [-0.2, -0.15) is 0 Å². The minimum Gasteiger partial charge on any atom is -0.386 e. The van der Waals surface area contributed by atoms with Gasteiger partial charge < -0.3 is 10.4 Å². The van der Waals surface area contributed by atoms with Gasteiger partial charge in [-0.15, -0.1) is 0 Å². The molecule has 0 aliphatic rings. The van der Waals surface area contributed by atoms with Crippen molar-refractivity contribution in [1.29, 1.82) is 0 Å². The van der Waals surface area contributed by atoms with Crippen molar-refractivity contribution >= 4 is 5.82 Å². The second-order valence-electron chi connectivity index (χ2n) is 7.06. The summed E-state index contributed by atoms with van der Waals surface area (Å²) < 4.78 is 0. The van der Waals surface area contributed by atoms with E-state index in [2.05, 4.69) is 25.3 Å². The van der Waals surface area contributed by atoms with Gasteiger partial charge in [0.05, 0.1) is 29.5 Å². The summed E-state index contributed by atoms with van der Waals surface area (Å²) in [5.74, 6) is 0.294. The second kappa shape index (κ2) is 9.24. The smallest absolute Gasteiger partial charge is 0.126 e. The molecule has 3 unspecified atom stereocenters. The first-order chi connectivity index (χ1) is 14.7. The molecule has 0 amide bonds. The van der Waals surface area contributed by atoms with Gasteiger partial charge in [-0.1, -0.05) is 42.5 Å². The molecule has 0 aliphatic carbocycles. The Morgan fingerprint density at radius 2 is 1.47 bits per heavy atom. The minimum atomic E-state index is -0.922. The van der Waals surface area contributed by atoms with Gasteiger partial charge >= 0.3 is 0 Å². The van der Waals surface area contributed by atoms with Gasteiger partial charge in [0.2, 0.25) is 0 Å². The van der Waals surface area contributed by atoms with Crippen LogP contribution in [-0.4, -0.2) is 25.0 Å². The second-order valence-corrected chi connectivity index (χ2v) is 7.06. The highest BCUT2D eigenvalue weighted by atomic mass is 16.3. The maximum Gasteiger partial charge on any atom is 0.126 e. The van der Waals surface area contributed by atoms with Gasteiger partial charge in [0, 0.05) is 24.3 Å². The van der Waals surface area contributed by atoms with Crippen LogP contribution in [0.1, 0.15) is 40.7 Å². The summed E-state index contributed by atoms with van der Waals surface area (Å²) in [4.78, 5) is 17.7. The van der Waals surface area contributed by atoms with Crippen LogP contribution in [0.25, 0.3) is 0 Å². The van der Waals surface area contributed by atoms with Gasteiger partial charge in [-0.05, 0) is 36.8 Å². The van der Waals surface area contributed by atoms with Crippen LogP contribution in [-0.2, 0) is 0 Å². The zero-order chi connectivity index (χ0) is 20.8. The maximum atomic E-state index is 11.4. The number of hydrogen-bond acceptors (Lipinski definition) is 6. The van der Waals surface area contributed by atoms with E-state index in [9.17, 15) is 5.11 Å². The summed E-state index contributed by atoms with van der Waals surface area (Å²) >= 11 is 0. The molecule has 4 aromatic rings. The van der Waals surface area contributed by atoms with E-state index in [1.807, 2.05) is 73.7 Å². The highest BCUT2D eigenvalue weighted by Gasteiger charge is 2.34. The van der Waals surface area contributed by atoms with Crippen LogP contribution in [0.3, 0.4) is 0 Å². The highest BCUT2D eigenvalue weighted by molar-refractivity contribution is 5.41. The van der Waals surface area contributed by atoms with E-state index in [0.717, 1.165) is 22.8 Å². The van der Waals surface area contributed by atoms with Crippen molar-refractivity contribution in [2.75, 3.05) is 5.32 Å². The Morgan fingerprint density at radius 3 is 2.10 bits per heavy atom. The van der Waals surface area contributed by atoms with E-state index in [-0.39, 0.29) is 6.04 Å². The molecule has 0 bridgehead atoms. The summed E-state index contributed by atoms with van der Waals surface area (Å²) in [6.07, 6.45) is 5.84. The normalized spacial score (nSPS) is 13.9. The number of aryl methyl sites for hydroxylation is 1. The Hall–Kier alpha value is -3.64. The third-order valence-electron chi connectivity index (χ3n) is 4.96. The van der Waals surface area contributed by atoms with Crippen molar-refractivity contribution in [3.05, 3.63) is 114 Å². The lowest BCUT2D eigenvalue weighted by atomic mass is 9.84. The monoisotopic (exact) mass is 397 g/mol. The highest BCUT2D eigenvalue weighted by Crippen LogP contribution is 2.41. The molecule has 3 atom stereocenters. The van der Waals surface area contributed by atoms with E-state index >= 15 is 0 Å². The lowest BCUT2D eigenvalue weighted by molar-refractivity contribution is 0.128. The largest absolute Gasteiger partial charge is 0.386 e. The molecule has 0 saturated carbocycles. The molecule has 150 valence electrons. The lowest BCUT2D eigenvalue weighted by Gasteiger charge is -2.32. The summed E-state index contributed by atoms with van der Waals surface area (Å²) in [5, 5.41) is 14.9. The number of benzene rings is 1. The van der Waals surface area contributed by atoms with E-state index in [4.69, 9.17) is 0 Å². The molecule has 3 aromatic heterocycles. The molecule has 4 rings (SSSR count). The number of rotatable bonds is 7. The number of nitrogens with zero attached hydrogens (tertiary/aromatic N) is 4. The average molecular weight is 397 g/mol. The molecule has 0 aliphatic heterocycles. The van der Waals surface area contributed by atoms with Crippen LogP contribution in [0.5, 0.6) is 0 Å². The lowest BCUT2D eigenvalue weighted by Crippen LogP contribution is -2.26. The van der Waals surface area contributed by atoms with Crippen molar-refractivity contribution < 1.29 is 5.11 Å². The maximum absolute atomic E-state index is 11.4. The molecule has 0 spiro atoms. The van der Waals surface area contributed by atoms with Crippen molar-refractivity contribution in [3.63, 3.8) is 0 Å². The van der Waals surface area contributed by atoms with Crippen LogP contribution in [0.2, 0.25) is 0 Å². The summed E-state index contributed by atoms with van der Waals surface area (Å²) in [7, 11) is 0. The van der Waals surface area contributed by atoms with Crippen LogP contribution in [0.15, 0.2) is 91.5 Å². The van der Waals surface area contributed by atoms with Crippen LogP contribution >= 0.6 is 0 Å². The standard InChI is InChI=1S/C24H23N5O/c1-17-15-28-20(16-27-17)24(30)22(19-11-5-7-13-25-19)23(18-9-3-2-4-10-18)29-21-12-6-8-14-26-21/h2-16,22-24,30H,1H3,(H,26,29).